The molecule has 0 saturated carbocycles. The van der Waals surface area contributed by atoms with E-state index in [9.17, 15) is 0 Å². The molecule has 4 heteroatoms. The lowest BCUT2D eigenvalue weighted by atomic mass is 9.90. The standard InChI is InChI=1S/C17H18ClNO2/c1-20-15-9-12-10-19-7-6-14(12)16(17(15)21-2)11-4-3-5-13(18)8-11/h3-5,8-9,19H,6-7,10H2,1-2H3. The molecule has 0 atom stereocenters. The Labute approximate surface area is 129 Å². The first kappa shape index (κ1) is 14.2. The quantitative estimate of drug-likeness (QED) is 0.938. The molecule has 0 unspecified atom stereocenters. The van der Waals surface area contributed by atoms with Gasteiger partial charge in [-0.1, -0.05) is 23.7 Å². The van der Waals surface area contributed by atoms with E-state index in [1.807, 2.05) is 18.2 Å². The average Bonchev–Trinajstić information content (AvgIpc) is 2.52. The summed E-state index contributed by atoms with van der Waals surface area (Å²) in [6.45, 7) is 1.82. The summed E-state index contributed by atoms with van der Waals surface area (Å²) >= 11 is 6.16. The summed E-state index contributed by atoms with van der Waals surface area (Å²) in [5.74, 6) is 1.54. The second-order valence-corrected chi connectivity index (χ2v) is 5.50. The van der Waals surface area contributed by atoms with Gasteiger partial charge in [0.1, 0.15) is 0 Å². The van der Waals surface area contributed by atoms with Crippen molar-refractivity contribution >= 4 is 11.6 Å². The van der Waals surface area contributed by atoms with Crippen molar-refractivity contribution in [1.82, 2.24) is 5.32 Å². The van der Waals surface area contributed by atoms with Crippen molar-refractivity contribution in [3.05, 3.63) is 46.5 Å². The van der Waals surface area contributed by atoms with Gasteiger partial charge in [0.2, 0.25) is 0 Å². The van der Waals surface area contributed by atoms with Crippen molar-refractivity contribution in [3.8, 4) is 22.6 Å². The molecule has 110 valence electrons. The minimum Gasteiger partial charge on any atom is -0.493 e. The Balaban J connectivity index is 2.29. The zero-order valence-electron chi connectivity index (χ0n) is 12.2. The summed E-state index contributed by atoms with van der Waals surface area (Å²) in [7, 11) is 3.35. The number of rotatable bonds is 3. The molecule has 0 aliphatic carbocycles. The normalized spacial score (nSPS) is 13.7. The van der Waals surface area contributed by atoms with Crippen molar-refractivity contribution in [2.24, 2.45) is 0 Å². The van der Waals surface area contributed by atoms with Gasteiger partial charge in [-0.25, -0.2) is 0 Å². The molecule has 0 aromatic heterocycles. The fourth-order valence-corrected chi connectivity index (χ4v) is 3.11. The van der Waals surface area contributed by atoms with Crippen LogP contribution >= 0.6 is 11.6 Å². The van der Waals surface area contributed by atoms with E-state index in [2.05, 4.69) is 17.4 Å². The van der Waals surface area contributed by atoms with Crippen LogP contribution in [-0.2, 0) is 13.0 Å². The van der Waals surface area contributed by atoms with Gasteiger partial charge < -0.3 is 14.8 Å². The van der Waals surface area contributed by atoms with Gasteiger partial charge in [0.25, 0.3) is 0 Å². The Hall–Kier alpha value is -1.71. The number of nitrogens with one attached hydrogen (secondary N) is 1. The molecule has 1 aliphatic heterocycles. The van der Waals surface area contributed by atoms with E-state index in [4.69, 9.17) is 21.1 Å². The maximum Gasteiger partial charge on any atom is 0.168 e. The molecule has 0 saturated heterocycles. The Morgan fingerprint density at radius 1 is 1.14 bits per heavy atom. The SMILES string of the molecule is COc1cc2c(c(-c3cccc(Cl)c3)c1OC)CCNC2. The third kappa shape index (κ3) is 2.59. The number of methoxy groups -OCH3 is 2. The molecule has 3 nitrogen and oxygen atoms in total. The predicted octanol–water partition coefficient (Wildman–Crippen LogP) is 3.67. The molecule has 1 aliphatic rings. The molecule has 1 N–H and O–H groups in total. The fraction of sp³-hybridized carbons (Fsp3) is 0.294. The van der Waals surface area contributed by atoms with E-state index >= 15 is 0 Å². The van der Waals surface area contributed by atoms with Crippen LogP contribution in [0, 0.1) is 0 Å². The molecule has 2 aromatic carbocycles. The van der Waals surface area contributed by atoms with Gasteiger partial charge in [-0.15, -0.1) is 0 Å². The summed E-state index contributed by atoms with van der Waals surface area (Å²) < 4.78 is 11.1. The predicted molar refractivity (Wildman–Crippen MR) is 85.4 cm³/mol. The van der Waals surface area contributed by atoms with E-state index in [1.54, 1.807) is 14.2 Å². The van der Waals surface area contributed by atoms with Crippen LogP contribution in [0.15, 0.2) is 30.3 Å². The van der Waals surface area contributed by atoms with E-state index in [-0.39, 0.29) is 0 Å². The number of halogens is 1. The third-order valence-corrected chi connectivity index (χ3v) is 4.09. The molecule has 0 bridgehead atoms. The molecule has 2 aromatic rings. The van der Waals surface area contributed by atoms with Crippen LogP contribution in [0.4, 0.5) is 0 Å². The zero-order valence-corrected chi connectivity index (χ0v) is 13.0. The molecule has 1 heterocycles. The van der Waals surface area contributed by atoms with Gasteiger partial charge in [0.05, 0.1) is 14.2 Å². The molecule has 21 heavy (non-hydrogen) atoms. The maximum atomic E-state index is 6.16. The largest absolute Gasteiger partial charge is 0.493 e. The minimum atomic E-state index is 0.722. The van der Waals surface area contributed by atoms with Crippen molar-refractivity contribution in [1.29, 1.82) is 0 Å². The van der Waals surface area contributed by atoms with Gasteiger partial charge in [0, 0.05) is 17.1 Å². The van der Waals surface area contributed by atoms with E-state index in [0.29, 0.717) is 0 Å². The summed E-state index contributed by atoms with van der Waals surface area (Å²) in [6, 6.07) is 9.94. The van der Waals surface area contributed by atoms with Gasteiger partial charge in [-0.3, -0.25) is 0 Å². The minimum absolute atomic E-state index is 0.722. The number of hydrogen-bond acceptors (Lipinski definition) is 3. The molecular weight excluding hydrogens is 286 g/mol. The molecular formula is C17H18ClNO2. The molecule has 0 amide bonds. The zero-order chi connectivity index (χ0) is 14.8. The third-order valence-electron chi connectivity index (χ3n) is 3.85. The average molecular weight is 304 g/mol. The Bertz CT molecular complexity index is 656. The number of fused-ring (bicyclic) bond motifs is 1. The highest BCUT2D eigenvalue weighted by atomic mass is 35.5. The smallest absolute Gasteiger partial charge is 0.168 e. The van der Waals surface area contributed by atoms with E-state index in [1.165, 1.54) is 11.1 Å². The lowest BCUT2D eigenvalue weighted by Crippen LogP contribution is -2.24. The fourth-order valence-electron chi connectivity index (χ4n) is 2.92. The first-order valence-electron chi connectivity index (χ1n) is 6.98. The second kappa shape index (κ2) is 5.96. The van der Waals surface area contributed by atoms with Crippen LogP contribution in [0.1, 0.15) is 11.1 Å². The second-order valence-electron chi connectivity index (χ2n) is 5.06. The maximum absolute atomic E-state index is 6.16. The van der Waals surface area contributed by atoms with Crippen LogP contribution < -0.4 is 14.8 Å². The highest BCUT2D eigenvalue weighted by Gasteiger charge is 2.22. The topological polar surface area (TPSA) is 30.5 Å². The van der Waals surface area contributed by atoms with Crippen LogP contribution in [-0.4, -0.2) is 20.8 Å². The summed E-state index contributed by atoms with van der Waals surface area (Å²) in [5, 5.41) is 4.12. The van der Waals surface area contributed by atoms with Gasteiger partial charge in [0.15, 0.2) is 11.5 Å². The lowest BCUT2D eigenvalue weighted by Gasteiger charge is -2.24. The van der Waals surface area contributed by atoms with E-state index in [0.717, 1.165) is 47.2 Å². The summed E-state index contributed by atoms with van der Waals surface area (Å²) in [4.78, 5) is 0. The lowest BCUT2D eigenvalue weighted by molar-refractivity contribution is 0.354. The van der Waals surface area contributed by atoms with Crippen molar-refractivity contribution < 1.29 is 9.47 Å². The van der Waals surface area contributed by atoms with Crippen LogP contribution in [0.2, 0.25) is 5.02 Å². The first-order chi connectivity index (χ1) is 10.2. The van der Waals surface area contributed by atoms with Gasteiger partial charge in [-0.2, -0.15) is 0 Å². The molecule has 3 rings (SSSR count). The van der Waals surface area contributed by atoms with Crippen molar-refractivity contribution in [2.75, 3.05) is 20.8 Å². The van der Waals surface area contributed by atoms with Crippen LogP contribution in [0.25, 0.3) is 11.1 Å². The summed E-state index contributed by atoms with van der Waals surface area (Å²) in [6.07, 6.45) is 0.970. The molecule has 0 fully saturated rings. The molecule has 0 spiro atoms. The first-order valence-corrected chi connectivity index (χ1v) is 7.35. The number of hydrogen-bond donors (Lipinski definition) is 1. The highest BCUT2D eigenvalue weighted by molar-refractivity contribution is 6.30. The van der Waals surface area contributed by atoms with Gasteiger partial charge >= 0.3 is 0 Å². The van der Waals surface area contributed by atoms with Crippen molar-refractivity contribution in [2.45, 2.75) is 13.0 Å². The summed E-state index contributed by atoms with van der Waals surface area (Å²) in [5.41, 5.74) is 4.73. The van der Waals surface area contributed by atoms with Gasteiger partial charge in [-0.05, 0) is 47.9 Å². The van der Waals surface area contributed by atoms with E-state index < -0.39 is 0 Å². The van der Waals surface area contributed by atoms with Crippen molar-refractivity contribution in [3.63, 3.8) is 0 Å². The number of ether oxygens (including phenoxy) is 2. The monoisotopic (exact) mass is 303 g/mol. The van der Waals surface area contributed by atoms with Crippen LogP contribution in [0.3, 0.4) is 0 Å². The Kier molecular flexibility index (Phi) is 4.04. The molecule has 0 radical (unpaired) electrons. The number of benzene rings is 2. The Morgan fingerprint density at radius 2 is 2.00 bits per heavy atom. The highest BCUT2D eigenvalue weighted by Crippen LogP contribution is 2.43. The Morgan fingerprint density at radius 3 is 2.71 bits per heavy atom. The van der Waals surface area contributed by atoms with Crippen LogP contribution in [0.5, 0.6) is 11.5 Å².